The van der Waals surface area contributed by atoms with Crippen molar-refractivity contribution in [3.63, 3.8) is 0 Å². The van der Waals surface area contributed by atoms with Crippen LogP contribution in [0.3, 0.4) is 0 Å². The van der Waals surface area contributed by atoms with Gasteiger partial charge in [0.1, 0.15) is 0 Å². The third kappa shape index (κ3) is 3.72. The van der Waals surface area contributed by atoms with Gasteiger partial charge in [0.25, 0.3) is 0 Å². The Bertz CT molecular complexity index is 198. The number of methoxy groups -OCH3 is 1. The molecule has 1 rings (SSSR count). The summed E-state index contributed by atoms with van der Waals surface area (Å²) in [5.41, 5.74) is 0.275. The molecule has 0 aliphatic carbocycles. The first-order chi connectivity index (χ1) is 7.65. The molecular weight excluding hydrogens is 200 g/mol. The van der Waals surface area contributed by atoms with Gasteiger partial charge in [-0.25, -0.2) is 0 Å². The molecule has 3 nitrogen and oxygen atoms in total. The maximum Gasteiger partial charge on any atom is 0.0617 e. The zero-order chi connectivity index (χ0) is 12.0. The summed E-state index contributed by atoms with van der Waals surface area (Å²) in [5, 5.41) is 3.68. The number of ether oxygens (including phenoxy) is 1. The van der Waals surface area contributed by atoms with E-state index in [4.69, 9.17) is 4.74 Å². The lowest BCUT2D eigenvalue weighted by Crippen LogP contribution is -2.51. The first-order valence-corrected chi connectivity index (χ1v) is 6.63. The van der Waals surface area contributed by atoms with Crippen LogP contribution in [0.4, 0.5) is 0 Å². The zero-order valence-corrected chi connectivity index (χ0v) is 11.4. The standard InChI is InChI=1S/C13H28N2O/c1-5-12(10-16-4)15-9-7-8-14-13(3,6-2)11-15/h12,14H,5-11H2,1-4H3. The van der Waals surface area contributed by atoms with Crippen molar-refractivity contribution >= 4 is 0 Å². The van der Waals surface area contributed by atoms with Gasteiger partial charge >= 0.3 is 0 Å². The Morgan fingerprint density at radius 3 is 2.75 bits per heavy atom. The van der Waals surface area contributed by atoms with E-state index in [9.17, 15) is 0 Å². The van der Waals surface area contributed by atoms with Crippen LogP contribution in [-0.2, 0) is 4.74 Å². The van der Waals surface area contributed by atoms with Gasteiger partial charge < -0.3 is 10.1 Å². The Morgan fingerprint density at radius 2 is 2.19 bits per heavy atom. The van der Waals surface area contributed by atoms with Gasteiger partial charge in [-0.15, -0.1) is 0 Å². The molecule has 96 valence electrons. The van der Waals surface area contributed by atoms with E-state index >= 15 is 0 Å². The zero-order valence-electron chi connectivity index (χ0n) is 11.4. The van der Waals surface area contributed by atoms with E-state index in [2.05, 4.69) is 31.0 Å². The minimum Gasteiger partial charge on any atom is -0.383 e. The molecule has 0 radical (unpaired) electrons. The highest BCUT2D eigenvalue weighted by atomic mass is 16.5. The molecule has 2 atom stereocenters. The molecule has 0 spiro atoms. The normalized spacial score (nSPS) is 30.0. The Kier molecular flexibility index (Phi) is 5.73. The highest BCUT2D eigenvalue weighted by molar-refractivity contribution is 4.90. The monoisotopic (exact) mass is 228 g/mol. The van der Waals surface area contributed by atoms with Crippen molar-refractivity contribution in [1.82, 2.24) is 10.2 Å². The van der Waals surface area contributed by atoms with Crippen LogP contribution in [0.15, 0.2) is 0 Å². The van der Waals surface area contributed by atoms with E-state index in [1.807, 2.05) is 0 Å². The summed E-state index contributed by atoms with van der Waals surface area (Å²) in [6.45, 7) is 11.2. The van der Waals surface area contributed by atoms with Crippen LogP contribution >= 0.6 is 0 Å². The SMILES string of the molecule is CCC(COC)N1CCCNC(C)(CC)C1. The fourth-order valence-electron chi connectivity index (χ4n) is 2.48. The predicted octanol–water partition coefficient (Wildman–Crippen LogP) is 1.88. The second-order valence-corrected chi connectivity index (χ2v) is 5.18. The largest absolute Gasteiger partial charge is 0.383 e. The molecule has 3 heteroatoms. The number of nitrogens with zero attached hydrogens (tertiary/aromatic N) is 1. The average Bonchev–Trinajstić information content (AvgIpc) is 2.49. The van der Waals surface area contributed by atoms with Crippen molar-refractivity contribution < 1.29 is 4.74 Å². The van der Waals surface area contributed by atoms with Gasteiger partial charge in [-0.3, -0.25) is 4.90 Å². The van der Waals surface area contributed by atoms with Crippen molar-refractivity contribution in [3.05, 3.63) is 0 Å². The predicted molar refractivity (Wildman–Crippen MR) is 68.8 cm³/mol. The molecule has 1 aliphatic heterocycles. The van der Waals surface area contributed by atoms with Gasteiger partial charge in [-0.05, 0) is 39.3 Å². The van der Waals surface area contributed by atoms with Crippen LogP contribution < -0.4 is 5.32 Å². The highest BCUT2D eigenvalue weighted by Crippen LogP contribution is 2.18. The van der Waals surface area contributed by atoms with Crippen molar-refractivity contribution in [1.29, 1.82) is 0 Å². The maximum absolute atomic E-state index is 5.33. The fraction of sp³-hybridized carbons (Fsp3) is 1.00. The van der Waals surface area contributed by atoms with E-state index < -0.39 is 0 Å². The minimum atomic E-state index is 0.275. The average molecular weight is 228 g/mol. The summed E-state index contributed by atoms with van der Waals surface area (Å²) in [6.07, 6.45) is 3.61. The van der Waals surface area contributed by atoms with Gasteiger partial charge in [-0.2, -0.15) is 0 Å². The van der Waals surface area contributed by atoms with Crippen molar-refractivity contribution in [3.8, 4) is 0 Å². The summed E-state index contributed by atoms with van der Waals surface area (Å²) in [4.78, 5) is 2.60. The summed E-state index contributed by atoms with van der Waals surface area (Å²) in [7, 11) is 1.80. The Morgan fingerprint density at radius 1 is 1.44 bits per heavy atom. The molecule has 2 unspecified atom stereocenters. The maximum atomic E-state index is 5.33. The smallest absolute Gasteiger partial charge is 0.0617 e. The third-order valence-electron chi connectivity index (χ3n) is 3.85. The first-order valence-electron chi connectivity index (χ1n) is 6.63. The van der Waals surface area contributed by atoms with Gasteiger partial charge in [-0.1, -0.05) is 13.8 Å². The van der Waals surface area contributed by atoms with E-state index in [-0.39, 0.29) is 5.54 Å². The molecule has 1 heterocycles. The van der Waals surface area contributed by atoms with Crippen LogP contribution in [0.1, 0.15) is 40.0 Å². The van der Waals surface area contributed by atoms with Crippen molar-refractivity contribution in [2.45, 2.75) is 51.6 Å². The van der Waals surface area contributed by atoms with E-state index in [1.165, 1.54) is 25.8 Å². The summed E-state index contributed by atoms with van der Waals surface area (Å²) >= 11 is 0. The van der Waals surface area contributed by atoms with Crippen molar-refractivity contribution in [2.24, 2.45) is 0 Å². The minimum absolute atomic E-state index is 0.275. The highest BCUT2D eigenvalue weighted by Gasteiger charge is 2.29. The van der Waals surface area contributed by atoms with Crippen molar-refractivity contribution in [2.75, 3.05) is 33.4 Å². The summed E-state index contributed by atoms with van der Waals surface area (Å²) < 4.78 is 5.33. The first kappa shape index (κ1) is 13.9. The number of hydrogen-bond donors (Lipinski definition) is 1. The van der Waals surface area contributed by atoms with Crippen LogP contribution in [-0.4, -0.2) is 49.8 Å². The lowest BCUT2D eigenvalue weighted by atomic mass is 9.97. The molecule has 1 N–H and O–H groups in total. The van der Waals surface area contributed by atoms with Gasteiger partial charge in [0.2, 0.25) is 0 Å². The second-order valence-electron chi connectivity index (χ2n) is 5.18. The second kappa shape index (κ2) is 6.58. The molecule has 0 amide bonds. The van der Waals surface area contributed by atoms with E-state index in [1.54, 1.807) is 7.11 Å². The van der Waals surface area contributed by atoms with E-state index in [0.29, 0.717) is 6.04 Å². The quantitative estimate of drug-likeness (QED) is 0.777. The molecule has 0 saturated carbocycles. The van der Waals surface area contributed by atoms with Crippen LogP contribution in [0.5, 0.6) is 0 Å². The molecule has 1 saturated heterocycles. The molecule has 16 heavy (non-hydrogen) atoms. The number of hydrogen-bond acceptors (Lipinski definition) is 3. The van der Waals surface area contributed by atoms with Gasteiger partial charge in [0, 0.05) is 25.2 Å². The molecule has 0 aromatic carbocycles. The summed E-state index contributed by atoms with van der Waals surface area (Å²) in [5.74, 6) is 0. The molecule has 0 aromatic heterocycles. The van der Waals surface area contributed by atoms with Crippen LogP contribution in [0, 0.1) is 0 Å². The molecule has 0 aromatic rings. The van der Waals surface area contributed by atoms with Crippen LogP contribution in [0.2, 0.25) is 0 Å². The third-order valence-corrected chi connectivity index (χ3v) is 3.85. The Hall–Kier alpha value is -0.120. The van der Waals surface area contributed by atoms with Crippen LogP contribution in [0.25, 0.3) is 0 Å². The van der Waals surface area contributed by atoms with Gasteiger partial charge in [0.05, 0.1) is 6.61 Å². The van der Waals surface area contributed by atoms with E-state index in [0.717, 1.165) is 19.7 Å². The molecule has 1 aliphatic rings. The molecular formula is C13H28N2O. The topological polar surface area (TPSA) is 24.5 Å². The fourth-order valence-corrected chi connectivity index (χ4v) is 2.48. The lowest BCUT2D eigenvalue weighted by Gasteiger charge is -2.36. The summed E-state index contributed by atoms with van der Waals surface area (Å²) in [6, 6.07) is 0.579. The Balaban J connectivity index is 2.62. The number of nitrogens with one attached hydrogen (secondary N) is 1. The molecule has 1 fully saturated rings. The molecule has 0 bridgehead atoms. The Labute approximate surface area is 101 Å². The van der Waals surface area contributed by atoms with Gasteiger partial charge in [0.15, 0.2) is 0 Å². The lowest BCUT2D eigenvalue weighted by molar-refractivity contribution is 0.0756. The number of rotatable bonds is 5.